The molecule has 0 rings (SSSR count). The van der Waals surface area contributed by atoms with Gasteiger partial charge < -0.3 is 0 Å². The van der Waals surface area contributed by atoms with E-state index in [1.165, 1.54) is 8.87 Å². The molecule has 47 valence electrons. The second-order valence-electron chi connectivity index (χ2n) is 1.11. The van der Waals surface area contributed by atoms with Gasteiger partial charge in [-0.15, -0.1) is 0 Å². The van der Waals surface area contributed by atoms with Gasteiger partial charge in [0, 0.05) is 0 Å². The summed E-state index contributed by atoms with van der Waals surface area (Å²) in [4.78, 5) is 0. The first kappa shape index (κ1) is 15.9. The first-order valence-electron chi connectivity index (χ1n) is 2.23. The zero-order valence-electron chi connectivity index (χ0n) is 5.41. The summed E-state index contributed by atoms with van der Waals surface area (Å²) in [5.41, 5.74) is 0. The predicted molar refractivity (Wildman–Crippen MR) is 50.3 cm³/mol. The Morgan fingerprint density at radius 1 is 1.00 bits per heavy atom. The molecule has 0 aromatic heterocycles. The summed E-state index contributed by atoms with van der Waals surface area (Å²) in [6.45, 7) is 4.59. The van der Waals surface area contributed by atoms with Crippen LogP contribution in [0, 0.1) is 0 Å². The molecule has 0 aliphatic heterocycles. The van der Waals surface area contributed by atoms with Crippen molar-refractivity contribution in [2.45, 2.75) is 22.7 Å². The van der Waals surface area contributed by atoms with E-state index in [1.807, 2.05) is 0 Å². The maximum Gasteiger partial charge on any atom is -0.153 e. The van der Waals surface area contributed by atoms with Crippen molar-refractivity contribution in [1.29, 1.82) is 0 Å². The fourth-order valence-electron chi connectivity index (χ4n) is 0.289. The van der Waals surface area contributed by atoms with Gasteiger partial charge in [0.2, 0.25) is 0 Å². The van der Waals surface area contributed by atoms with Crippen molar-refractivity contribution in [3.8, 4) is 0 Å². The maximum atomic E-state index is 2.30. The quantitative estimate of drug-likeness (QED) is 0.510. The second kappa shape index (κ2) is 15.6. The Balaban J connectivity index is -0.0000000800. The third kappa shape index (κ3) is 18.3. The Labute approximate surface area is 63.7 Å². The molecule has 0 aromatic carbocycles. The molecule has 0 fully saturated rings. The minimum absolute atomic E-state index is 0. The van der Waals surface area contributed by atoms with Gasteiger partial charge in [-0.05, 0) is 0 Å². The van der Waals surface area contributed by atoms with E-state index < -0.39 is 0 Å². The van der Waals surface area contributed by atoms with Crippen molar-refractivity contribution in [2.75, 3.05) is 0 Å². The minimum Gasteiger partial charge on any atom is -0.153 e. The third-order valence-electron chi connectivity index (χ3n) is 0.577. The Kier molecular flexibility index (Phi) is 35.5. The SMILES string of the molecule is C[CH2][SnH][CH2]C.P.P. The Morgan fingerprint density at radius 2 is 1.29 bits per heavy atom. The summed E-state index contributed by atoms with van der Waals surface area (Å²) >= 11 is 0.0800. The van der Waals surface area contributed by atoms with Crippen molar-refractivity contribution in [2.24, 2.45) is 0 Å². The van der Waals surface area contributed by atoms with Crippen LogP contribution < -0.4 is 0 Å². The smallest absolute Gasteiger partial charge is 0.153 e. The average Bonchev–Trinajstić information content (AvgIpc) is 1.41. The van der Waals surface area contributed by atoms with Crippen LogP contribution in [-0.4, -0.2) is 21.1 Å². The first-order chi connectivity index (χ1) is 2.41. The molecule has 0 heterocycles. The van der Waals surface area contributed by atoms with Crippen LogP contribution in [0.15, 0.2) is 0 Å². The molecule has 0 N–H and O–H groups in total. The molecule has 0 aliphatic carbocycles. The Bertz CT molecular complexity index is 17.2. The van der Waals surface area contributed by atoms with Crippen molar-refractivity contribution in [3.05, 3.63) is 0 Å². The minimum atomic E-state index is 0. The van der Waals surface area contributed by atoms with Crippen molar-refractivity contribution >= 4 is 40.9 Å². The standard InChI is InChI=1S/2C2H5.2H3P.Sn.H/c2*1-2;;;;/h2*1H2,2H3;2*1H3;;. The van der Waals surface area contributed by atoms with Gasteiger partial charge in [-0.2, -0.15) is 19.8 Å². The average molecular weight is 246 g/mol. The zero-order chi connectivity index (χ0) is 4.12. The van der Waals surface area contributed by atoms with E-state index in [9.17, 15) is 0 Å². The zero-order valence-corrected chi connectivity index (χ0v) is 11.5. The van der Waals surface area contributed by atoms with Gasteiger partial charge in [-0.25, -0.2) is 0 Å². The molecule has 0 nitrogen and oxygen atoms in total. The van der Waals surface area contributed by atoms with E-state index in [4.69, 9.17) is 0 Å². The van der Waals surface area contributed by atoms with E-state index in [0.29, 0.717) is 0 Å². The van der Waals surface area contributed by atoms with Gasteiger partial charge in [-0.1, -0.05) is 0 Å². The van der Waals surface area contributed by atoms with Crippen LogP contribution in [0.3, 0.4) is 0 Å². The first-order valence-corrected chi connectivity index (χ1v) is 6.89. The van der Waals surface area contributed by atoms with Crippen LogP contribution >= 0.6 is 19.8 Å². The molecule has 2 atom stereocenters. The van der Waals surface area contributed by atoms with Gasteiger partial charge >= 0.3 is 43.9 Å². The number of rotatable bonds is 2. The third-order valence-corrected chi connectivity index (χ3v) is 3.87. The van der Waals surface area contributed by atoms with E-state index in [2.05, 4.69) is 13.8 Å². The molecule has 1 radical (unpaired) electrons. The summed E-state index contributed by atoms with van der Waals surface area (Å²) in [5.74, 6) is 0. The van der Waals surface area contributed by atoms with Crippen molar-refractivity contribution in [1.82, 2.24) is 0 Å². The normalized spacial score (nSPS) is 6.00. The Morgan fingerprint density at radius 3 is 1.29 bits per heavy atom. The maximum absolute atomic E-state index is 2.30. The summed E-state index contributed by atoms with van der Waals surface area (Å²) in [7, 11) is 0. The summed E-state index contributed by atoms with van der Waals surface area (Å²) in [6.07, 6.45) is 0. The van der Waals surface area contributed by atoms with Crippen LogP contribution in [0.4, 0.5) is 0 Å². The van der Waals surface area contributed by atoms with Crippen molar-refractivity contribution in [3.63, 3.8) is 0 Å². The van der Waals surface area contributed by atoms with Gasteiger partial charge in [0.15, 0.2) is 0 Å². The monoisotopic (exact) mass is 247 g/mol. The topological polar surface area (TPSA) is 0 Å². The molecule has 0 saturated carbocycles. The van der Waals surface area contributed by atoms with Crippen LogP contribution in [0.1, 0.15) is 13.8 Å². The summed E-state index contributed by atoms with van der Waals surface area (Å²) < 4.78 is 3.07. The van der Waals surface area contributed by atoms with Crippen molar-refractivity contribution < 1.29 is 0 Å². The fourth-order valence-corrected chi connectivity index (χ4v) is 1.94. The van der Waals surface area contributed by atoms with Crippen LogP contribution in [-0.2, 0) is 0 Å². The second-order valence-corrected chi connectivity index (χ2v) is 7.41. The van der Waals surface area contributed by atoms with Crippen LogP contribution in [0.25, 0.3) is 0 Å². The van der Waals surface area contributed by atoms with Crippen LogP contribution in [0.2, 0.25) is 8.87 Å². The molecule has 3 heteroatoms. The molecular formula is C4H17P2Sn. The van der Waals surface area contributed by atoms with Gasteiger partial charge in [0.25, 0.3) is 0 Å². The van der Waals surface area contributed by atoms with E-state index >= 15 is 0 Å². The predicted octanol–water partition coefficient (Wildman–Crippen LogP) is 1.42. The van der Waals surface area contributed by atoms with Gasteiger partial charge in [-0.3, -0.25) is 0 Å². The van der Waals surface area contributed by atoms with E-state index in [-0.39, 0.29) is 40.9 Å². The molecule has 0 amide bonds. The summed E-state index contributed by atoms with van der Waals surface area (Å²) in [5, 5.41) is 0. The number of hydrogen-bond acceptors (Lipinski definition) is 0. The van der Waals surface area contributed by atoms with E-state index in [1.54, 1.807) is 0 Å². The molecule has 0 aromatic rings. The summed E-state index contributed by atoms with van der Waals surface area (Å²) in [6, 6.07) is 0. The van der Waals surface area contributed by atoms with Gasteiger partial charge in [0.1, 0.15) is 0 Å². The molecular weight excluding hydrogens is 229 g/mol. The number of hydrogen-bond donors (Lipinski definition) is 0. The molecule has 2 unspecified atom stereocenters. The molecule has 0 bridgehead atoms. The van der Waals surface area contributed by atoms with E-state index in [0.717, 1.165) is 0 Å². The largest absolute Gasteiger partial charge is 0.153 e. The Hall–Kier alpha value is 1.66. The molecule has 0 spiro atoms. The van der Waals surface area contributed by atoms with Crippen LogP contribution in [0.5, 0.6) is 0 Å². The van der Waals surface area contributed by atoms with Gasteiger partial charge in [0.05, 0.1) is 0 Å². The molecule has 7 heavy (non-hydrogen) atoms. The molecule has 0 aliphatic rings. The molecule has 0 saturated heterocycles. The fraction of sp³-hybridized carbons (Fsp3) is 1.00.